The monoisotopic (exact) mass is 349 g/mol. The van der Waals surface area contributed by atoms with E-state index in [2.05, 4.69) is 20.8 Å². The molecule has 0 aromatic heterocycles. The molecule has 0 radical (unpaired) electrons. The number of amides is 1. The SMILES string of the molecule is CC(C)CCCC(C)CCP(=O)(O)CC(CCC(N)=O)C(=O)O. The molecule has 7 heteroatoms. The summed E-state index contributed by atoms with van der Waals surface area (Å²) in [6, 6.07) is 0. The number of carbonyl (C=O) groups excluding carboxylic acids is 1. The number of rotatable bonds is 13. The Morgan fingerprint density at radius 3 is 2.17 bits per heavy atom. The minimum absolute atomic E-state index is 0.0131. The first-order chi connectivity index (χ1) is 10.5. The Labute approximate surface area is 139 Å². The molecule has 3 atom stereocenters. The van der Waals surface area contributed by atoms with Crippen LogP contribution in [0.2, 0.25) is 0 Å². The Bertz CT molecular complexity index is 425. The Morgan fingerprint density at radius 2 is 1.70 bits per heavy atom. The number of hydrogen-bond donors (Lipinski definition) is 3. The number of carboxylic acids is 1. The fraction of sp³-hybridized carbons (Fsp3) is 0.875. The Kier molecular flexibility index (Phi) is 10.4. The molecule has 0 aliphatic rings. The van der Waals surface area contributed by atoms with Crippen LogP contribution in [0.4, 0.5) is 0 Å². The third kappa shape index (κ3) is 12.2. The van der Waals surface area contributed by atoms with Crippen molar-refractivity contribution >= 4 is 19.2 Å². The highest BCUT2D eigenvalue weighted by Gasteiger charge is 2.29. The van der Waals surface area contributed by atoms with Crippen LogP contribution in [0.25, 0.3) is 0 Å². The summed E-state index contributed by atoms with van der Waals surface area (Å²) in [5.74, 6) is -1.72. The van der Waals surface area contributed by atoms with E-state index < -0.39 is 25.2 Å². The first-order valence-electron chi connectivity index (χ1n) is 8.35. The molecule has 0 aliphatic carbocycles. The lowest BCUT2D eigenvalue weighted by Crippen LogP contribution is -2.22. The van der Waals surface area contributed by atoms with Crippen LogP contribution in [0.15, 0.2) is 0 Å². The van der Waals surface area contributed by atoms with Gasteiger partial charge in [-0.1, -0.05) is 40.0 Å². The first kappa shape index (κ1) is 22.1. The van der Waals surface area contributed by atoms with Crippen molar-refractivity contribution in [1.82, 2.24) is 0 Å². The summed E-state index contributed by atoms with van der Waals surface area (Å²) in [6.07, 6.45) is 3.67. The van der Waals surface area contributed by atoms with Gasteiger partial charge in [-0.25, -0.2) is 0 Å². The molecule has 0 fully saturated rings. The number of hydrogen-bond acceptors (Lipinski definition) is 3. The molecule has 0 spiro atoms. The maximum absolute atomic E-state index is 12.2. The number of nitrogens with two attached hydrogens (primary N) is 1. The van der Waals surface area contributed by atoms with Gasteiger partial charge in [0.15, 0.2) is 0 Å². The minimum atomic E-state index is -3.50. The number of aliphatic carboxylic acids is 1. The van der Waals surface area contributed by atoms with E-state index in [1.54, 1.807) is 0 Å². The van der Waals surface area contributed by atoms with Gasteiger partial charge in [-0.2, -0.15) is 0 Å². The number of primary amides is 1. The smallest absolute Gasteiger partial charge is 0.307 e. The third-order valence-electron chi connectivity index (χ3n) is 4.04. The largest absolute Gasteiger partial charge is 0.481 e. The minimum Gasteiger partial charge on any atom is -0.481 e. The lowest BCUT2D eigenvalue weighted by molar-refractivity contribution is -0.141. The van der Waals surface area contributed by atoms with Gasteiger partial charge in [0.1, 0.15) is 0 Å². The van der Waals surface area contributed by atoms with Gasteiger partial charge in [0, 0.05) is 18.7 Å². The van der Waals surface area contributed by atoms with Crippen LogP contribution in [-0.4, -0.2) is 34.2 Å². The highest BCUT2D eigenvalue weighted by Crippen LogP contribution is 2.45. The zero-order valence-corrected chi connectivity index (χ0v) is 15.4. The molecule has 0 bridgehead atoms. The van der Waals surface area contributed by atoms with E-state index in [4.69, 9.17) is 10.8 Å². The van der Waals surface area contributed by atoms with Gasteiger partial charge < -0.3 is 15.7 Å². The van der Waals surface area contributed by atoms with Gasteiger partial charge in [-0.15, -0.1) is 0 Å². The van der Waals surface area contributed by atoms with E-state index in [0.29, 0.717) is 18.3 Å². The molecule has 1 amide bonds. The summed E-state index contributed by atoms with van der Waals surface area (Å²) in [4.78, 5) is 31.9. The van der Waals surface area contributed by atoms with Crippen molar-refractivity contribution in [3.05, 3.63) is 0 Å². The zero-order chi connectivity index (χ0) is 18.0. The molecular formula is C16H32NO5P. The van der Waals surface area contributed by atoms with Crippen molar-refractivity contribution in [3.8, 4) is 0 Å². The summed E-state index contributed by atoms with van der Waals surface area (Å²) in [7, 11) is -3.50. The highest BCUT2D eigenvalue weighted by molar-refractivity contribution is 7.58. The molecule has 0 aromatic carbocycles. The molecule has 0 aromatic rings. The molecule has 0 rings (SSSR count). The van der Waals surface area contributed by atoms with E-state index in [9.17, 15) is 19.0 Å². The average molecular weight is 349 g/mol. The molecule has 4 N–H and O–H groups in total. The summed E-state index contributed by atoms with van der Waals surface area (Å²) in [5, 5.41) is 9.11. The fourth-order valence-corrected chi connectivity index (χ4v) is 4.54. The van der Waals surface area contributed by atoms with Gasteiger partial charge in [-0.3, -0.25) is 14.2 Å². The van der Waals surface area contributed by atoms with Crippen molar-refractivity contribution in [1.29, 1.82) is 0 Å². The average Bonchev–Trinajstić information content (AvgIpc) is 2.40. The molecule has 0 aliphatic heterocycles. The van der Waals surface area contributed by atoms with Crippen LogP contribution in [0.3, 0.4) is 0 Å². The molecule has 0 saturated heterocycles. The van der Waals surface area contributed by atoms with Crippen LogP contribution < -0.4 is 5.73 Å². The molecule has 136 valence electrons. The summed E-state index contributed by atoms with van der Waals surface area (Å²) in [6.45, 7) is 6.40. The van der Waals surface area contributed by atoms with E-state index in [-0.39, 0.29) is 25.2 Å². The fourth-order valence-electron chi connectivity index (χ4n) is 2.49. The quantitative estimate of drug-likeness (QED) is 0.442. The van der Waals surface area contributed by atoms with E-state index in [1.165, 1.54) is 0 Å². The second-order valence-corrected chi connectivity index (χ2v) is 9.52. The summed E-state index contributed by atoms with van der Waals surface area (Å²) >= 11 is 0. The van der Waals surface area contributed by atoms with Gasteiger partial charge >= 0.3 is 5.97 Å². The van der Waals surface area contributed by atoms with Crippen molar-refractivity contribution in [3.63, 3.8) is 0 Å². The predicted octanol–water partition coefficient (Wildman–Crippen LogP) is 3.08. The molecule has 3 unspecified atom stereocenters. The highest BCUT2D eigenvalue weighted by atomic mass is 31.2. The standard InChI is InChI=1S/C16H32NO5P/c1-12(2)5-4-6-13(3)9-10-23(21,22)11-14(16(19)20)7-8-15(17)18/h12-14H,4-11H2,1-3H3,(H2,17,18)(H,19,20)(H,21,22). The Morgan fingerprint density at radius 1 is 1.09 bits per heavy atom. The van der Waals surface area contributed by atoms with Crippen molar-refractivity contribution < 1.29 is 24.2 Å². The third-order valence-corrected chi connectivity index (χ3v) is 6.01. The lowest BCUT2D eigenvalue weighted by atomic mass is 9.98. The normalized spacial score (nSPS) is 16.7. The number of carboxylic acid groups (broad SMARTS) is 1. The van der Waals surface area contributed by atoms with Crippen LogP contribution in [0.5, 0.6) is 0 Å². The van der Waals surface area contributed by atoms with E-state index >= 15 is 0 Å². The predicted molar refractivity (Wildman–Crippen MR) is 91.6 cm³/mol. The number of carbonyl (C=O) groups is 2. The van der Waals surface area contributed by atoms with E-state index in [1.807, 2.05) is 0 Å². The zero-order valence-electron chi connectivity index (χ0n) is 14.5. The van der Waals surface area contributed by atoms with Gasteiger partial charge in [0.2, 0.25) is 13.3 Å². The summed E-state index contributed by atoms with van der Waals surface area (Å²) < 4.78 is 12.2. The van der Waals surface area contributed by atoms with Gasteiger partial charge in [-0.05, 0) is 24.7 Å². The first-order valence-corrected chi connectivity index (χ1v) is 10.4. The Balaban J connectivity index is 4.30. The van der Waals surface area contributed by atoms with Crippen molar-refractivity contribution in [2.24, 2.45) is 23.5 Å². The van der Waals surface area contributed by atoms with Gasteiger partial charge in [0.25, 0.3) is 0 Å². The van der Waals surface area contributed by atoms with Crippen LogP contribution in [0, 0.1) is 17.8 Å². The molecule has 6 nitrogen and oxygen atoms in total. The maximum Gasteiger partial charge on any atom is 0.307 e. The molecular weight excluding hydrogens is 317 g/mol. The molecule has 0 heterocycles. The van der Waals surface area contributed by atoms with Crippen LogP contribution in [-0.2, 0) is 14.2 Å². The van der Waals surface area contributed by atoms with Crippen LogP contribution in [0.1, 0.15) is 59.3 Å². The van der Waals surface area contributed by atoms with Crippen molar-refractivity contribution in [2.45, 2.75) is 59.3 Å². The topological polar surface area (TPSA) is 118 Å². The maximum atomic E-state index is 12.2. The Hall–Kier alpha value is -0.870. The summed E-state index contributed by atoms with van der Waals surface area (Å²) in [5.41, 5.74) is 5.01. The van der Waals surface area contributed by atoms with E-state index in [0.717, 1.165) is 19.3 Å². The van der Waals surface area contributed by atoms with Gasteiger partial charge in [0.05, 0.1) is 5.92 Å². The van der Waals surface area contributed by atoms with Crippen molar-refractivity contribution in [2.75, 3.05) is 12.3 Å². The second-order valence-electron chi connectivity index (χ2n) is 7.01. The molecule has 0 saturated carbocycles. The second kappa shape index (κ2) is 10.8. The molecule has 23 heavy (non-hydrogen) atoms. The lowest BCUT2D eigenvalue weighted by Gasteiger charge is -2.19. The van der Waals surface area contributed by atoms with Crippen LogP contribution >= 0.6 is 7.37 Å².